The highest BCUT2D eigenvalue weighted by molar-refractivity contribution is 7.88. The number of guanidine groups is 1. The summed E-state index contributed by atoms with van der Waals surface area (Å²) in [6.07, 6.45) is 2.79. The quantitative estimate of drug-likeness (QED) is 0.354. The minimum atomic E-state index is -3.12. The Morgan fingerprint density at radius 1 is 1.39 bits per heavy atom. The van der Waals surface area contributed by atoms with Crippen LogP contribution in [0.25, 0.3) is 0 Å². The predicted molar refractivity (Wildman–Crippen MR) is 98.8 cm³/mol. The van der Waals surface area contributed by atoms with E-state index >= 15 is 0 Å². The van der Waals surface area contributed by atoms with E-state index in [1.165, 1.54) is 9.75 Å². The SMILES string of the molecule is CCNC(=NCCCNS(C)(=O)=O)NC(C)Cc1ccc(C)s1. The minimum absolute atomic E-state index is 0.278. The lowest BCUT2D eigenvalue weighted by Crippen LogP contribution is -2.43. The van der Waals surface area contributed by atoms with Crippen LogP contribution in [-0.2, 0) is 16.4 Å². The molecule has 0 amide bonds. The fraction of sp³-hybridized carbons (Fsp3) is 0.667. The second kappa shape index (κ2) is 9.89. The number of aryl methyl sites for hydroxylation is 1. The molecule has 0 aromatic carbocycles. The zero-order valence-electron chi connectivity index (χ0n) is 14.3. The molecule has 0 aliphatic carbocycles. The first-order valence-corrected chi connectivity index (χ1v) is 10.6. The highest BCUT2D eigenvalue weighted by atomic mass is 32.2. The molecule has 23 heavy (non-hydrogen) atoms. The Kier molecular flexibility index (Phi) is 8.57. The number of aliphatic imine (C=N–C) groups is 1. The number of hydrogen-bond donors (Lipinski definition) is 3. The summed E-state index contributed by atoms with van der Waals surface area (Å²) >= 11 is 1.82. The van der Waals surface area contributed by atoms with E-state index in [2.05, 4.69) is 46.3 Å². The molecule has 1 heterocycles. The lowest BCUT2D eigenvalue weighted by atomic mass is 10.2. The second-order valence-corrected chi connectivity index (χ2v) is 8.75. The first-order valence-electron chi connectivity index (χ1n) is 7.85. The van der Waals surface area contributed by atoms with Gasteiger partial charge < -0.3 is 10.6 Å². The van der Waals surface area contributed by atoms with Gasteiger partial charge in [-0.3, -0.25) is 4.99 Å². The number of rotatable bonds is 9. The van der Waals surface area contributed by atoms with Crippen LogP contribution in [0, 0.1) is 6.92 Å². The lowest BCUT2D eigenvalue weighted by Gasteiger charge is -2.17. The van der Waals surface area contributed by atoms with Crippen molar-refractivity contribution in [1.82, 2.24) is 15.4 Å². The van der Waals surface area contributed by atoms with Gasteiger partial charge >= 0.3 is 0 Å². The fourth-order valence-electron chi connectivity index (χ4n) is 2.03. The Morgan fingerprint density at radius 2 is 2.13 bits per heavy atom. The van der Waals surface area contributed by atoms with Gasteiger partial charge in [-0.05, 0) is 39.3 Å². The molecule has 0 saturated carbocycles. The van der Waals surface area contributed by atoms with Crippen molar-refractivity contribution in [2.45, 2.75) is 39.7 Å². The maximum Gasteiger partial charge on any atom is 0.208 e. The summed E-state index contributed by atoms with van der Waals surface area (Å²) in [6, 6.07) is 4.58. The summed E-state index contributed by atoms with van der Waals surface area (Å²) in [5.41, 5.74) is 0. The third kappa shape index (κ3) is 9.58. The van der Waals surface area contributed by atoms with E-state index in [9.17, 15) is 8.42 Å². The van der Waals surface area contributed by atoms with Gasteiger partial charge in [0.15, 0.2) is 5.96 Å². The number of sulfonamides is 1. The number of thiophene rings is 1. The van der Waals surface area contributed by atoms with Gasteiger partial charge in [0.2, 0.25) is 10.0 Å². The first kappa shape index (κ1) is 19.9. The fourth-order valence-corrected chi connectivity index (χ4v) is 3.56. The van der Waals surface area contributed by atoms with Crippen LogP contribution >= 0.6 is 11.3 Å². The molecule has 0 fully saturated rings. The first-order chi connectivity index (χ1) is 10.8. The van der Waals surface area contributed by atoms with Gasteiger partial charge in [0.25, 0.3) is 0 Å². The molecule has 1 atom stereocenters. The highest BCUT2D eigenvalue weighted by Gasteiger charge is 2.07. The van der Waals surface area contributed by atoms with E-state index in [0.717, 1.165) is 25.2 Å². The van der Waals surface area contributed by atoms with Crippen molar-refractivity contribution in [1.29, 1.82) is 0 Å². The third-order valence-corrected chi connectivity index (χ3v) is 4.75. The predicted octanol–water partition coefficient (Wildman–Crippen LogP) is 1.48. The molecule has 1 aromatic heterocycles. The van der Waals surface area contributed by atoms with Crippen molar-refractivity contribution in [3.05, 3.63) is 21.9 Å². The van der Waals surface area contributed by atoms with Crippen LogP contribution in [0.1, 0.15) is 30.0 Å². The molecular formula is C15H28N4O2S2. The van der Waals surface area contributed by atoms with Crippen molar-refractivity contribution < 1.29 is 8.42 Å². The Balaban J connectivity index is 2.41. The molecule has 0 aliphatic rings. The summed E-state index contributed by atoms with van der Waals surface area (Å²) in [4.78, 5) is 7.17. The summed E-state index contributed by atoms with van der Waals surface area (Å²) in [5.74, 6) is 0.771. The van der Waals surface area contributed by atoms with Crippen LogP contribution < -0.4 is 15.4 Å². The molecular weight excluding hydrogens is 332 g/mol. The van der Waals surface area contributed by atoms with Crippen molar-refractivity contribution in [3.8, 4) is 0 Å². The average molecular weight is 361 g/mol. The van der Waals surface area contributed by atoms with Crippen molar-refractivity contribution >= 4 is 27.3 Å². The third-order valence-electron chi connectivity index (χ3n) is 3.00. The van der Waals surface area contributed by atoms with E-state index in [1.807, 2.05) is 18.3 Å². The molecule has 132 valence electrons. The summed E-state index contributed by atoms with van der Waals surface area (Å²) in [7, 11) is -3.12. The number of nitrogens with one attached hydrogen (secondary N) is 3. The van der Waals surface area contributed by atoms with Crippen LogP contribution in [0.2, 0.25) is 0 Å². The number of nitrogens with zero attached hydrogens (tertiary/aromatic N) is 1. The molecule has 1 rings (SSSR count). The maximum atomic E-state index is 11.0. The molecule has 0 radical (unpaired) electrons. The van der Waals surface area contributed by atoms with E-state index in [4.69, 9.17) is 0 Å². The molecule has 0 spiro atoms. The molecule has 1 unspecified atom stereocenters. The van der Waals surface area contributed by atoms with Crippen molar-refractivity contribution in [2.75, 3.05) is 25.9 Å². The summed E-state index contributed by atoms with van der Waals surface area (Å²) in [6.45, 7) is 8.04. The van der Waals surface area contributed by atoms with Crippen LogP contribution in [0.3, 0.4) is 0 Å². The molecule has 0 bridgehead atoms. The zero-order valence-corrected chi connectivity index (χ0v) is 16.0. The van der Waals surface area contributed by atoms with Gasteiger partial charge in [0, 0.05) is 41.9 Å². The van der Waals surface area contributed by atoms with E-state index in [-0.39, 0.29) is 6.04 Å². The van der Waals surface area contributed by atoms with E-state index in [1.54, 1.807) is 0 Å². The Morgan fingerprint density at radius 3 is 2.70 bits per heavy atom. The minimum Gasteiger partial charge on any atom is -0.357 e. The summed E-state index contributed by atoms with van der Waals surface area (Å²) in [5, 5.41) is 6.60. The molecule has 3 N–H and O–H groups in total. The average Bonchev–Trinajstić information content (AvgIpc) is 2.82. The van der Waals surface area contributed by atoms with Crippen molar-refractivity contribution in [2.24, 2.45) is 4.99 Å². The maximum absolute atomic E-state index is 11.0. The molecule has 8 heteroatoms. The second-order valence-electron chi connectivity index (χ2n) is 5.54. The molecule has 6 nitrogen and oxygen atoms in total. The molecule has 1 aromatic rings. The van der Waals surface area contributed by atoms with Gasteiger partial charge in [0.1, 0.15) is 0 Å². The van der Waals surface area contributed by atoms with E-state index in [0.29, 0.717) is 19.5 Å². The van der Waals surface area contributed by atoms with Gasteiger partial charge in [0.05, 0.1) is 6.26 Å². The Labute approximate surface area is 143 Å². The normalized spacial score (nSPS) is 13.8. The molecule has 0 aliphatic heterocycles. The highest BCUT2D eigenvalue weighted by Crippen LogP contribution is 2.16. The van der Waals surface area contributed by atoms with Crippen LogP contribution in [0.5, 0.6) is 0 Å². The number of hydrogen-bond acceptors (Lipinski definition) is 4. The van der Waals surface area contributed by atoms with Gasteiger partial charge in [-0.2, -0.15) is 0 Å². The Bertz CT molecular complexity index is 596. The Hall–Kier alpha value is -1.12. The van der Waals surface area contributed by atoms with Crippen LogP contribution in [0.15, 0.2) is 17.1 Å². The largest absolute Gasteiger partial charge is 0.357 e. The smallest absolute Gasteiger partial charge is 0.208 e. The zero-order chi connectivity index (χ0) is 17.3. The van der Waals surface area contributed by atoms with Crippen LogP contribution in [-0.4, -0.2) is 46.3 Å². The van der Waals surface area contributed by atoms with Gasteiger partial charge in [-0.25, -0.2) is 13.1 Å². The topological polar surface area (TPSA) is 82.6 Å². The van der Waals surface area contributed by atoms with Gasteiger partial charge in [-0.15, -0.1) is 11.3 Å². The monoisotopic (exact) mass is 360 g/mol. The van der Waals surface area contributed by atoms with Crippen molar-refractivity contribution in [3.63, 3.8) is 0 Å². The van der Waals surface area contributed by atoms with Crippen LogP contribution in [0.4, 0.5) is 0 Å². The van der Waals surface area contributed by atoms with Gasteiger partial charge in [-0.1, -0.05) is 0 Å². The standard InChI is InChI=1S/C15H28N4O2S2/c1-5-16-15(17-9-6-10-18-23(4,20)21)19-12(2)11-14-8-7-13(3)22-14/h7-8,12,18H,5-6,9-11H2,1-4H3,(H2,16,17,19). The van der Waals surface area contributed by atoms with E-state index < -0.39 is 10.0 Å². The summed E-state index contributed by atoms with van der Waals surface area (Å²) < 4.78 is 24.4. The lowest BCUT2D eigenvalue weighted by molar-refractivity contribution is 0.585. The molecule has 0 saturated heterocycles.